The molecule has 2 aromatic rings. The van der Waals surface area contributed by atoms with E-state index in [4.69, 9.17) is 11.6 Å². The molecule has 0 fully saturated rings. The Balaban J connectivity index is 0.00000392. The van der Waals surface area contributed by atoms with Crippen molar-refractivity contribution in [3.8, 4) is 0 Å². The lowest BCUT2D eigenvalue weighted by atomic mass is 10.1. The number of aliphatic imine (C=N–C) groups is 1. The minimum Gasteiger partial charge on any atom is -0.357 e. The normalized spacial score (nSPS) is 10.8. The van der Waals surface area contributed by atoms with Gasteiger partial charge in [0.1, 0.15) is 0 Å². The fraction of sp³-hybridized carbons (Fsp3) is 0.333. The van der Waals surface area contributed by atoms with Crippen LogP contribution in [0.2, 0.25) is 5.02 Å². The average molecular weight is 515 g/mol. The van der Waals surface area contributed by atoms with Crippen LogP contribution < -0.4 is 16.0 Å². The Morgan fingerprint density at radius 2 is 1.50 bits per heavy atom. The van der Waals surface area contributed by atoms with Crippen molar-refractivity contribution < 1.29 is 4.79 Å². The highest BCUT2D eigenvalue weighted by Gasteiger charge is 2.04. The first-order valence-corrected chi connectivity index (χ1v) is 9.64. The van der Waals surface area contributed by atoms with E-state index in [1.54, 1.807) is 0 Å². The molecule has 0 bridgehead atoms. The Hall–Kier alpha value is -1.80. The summed E-state index contributed by atoms with van der Waals surface area (Å²) in [5.74, 6) is 0.726. The molecule has 0 aromatic heterocycles. The molecule has 0 aliphatic carbocycles. The molecule has 0 radical (unpaired) electrons. The molecule has 3 N–H and O–H groups in total. The molecule has 0 aliphatic rings. The van der Waals surface area contributed by atoms with Crippen molar-refractivity contribution >= 4 is 47.4 Å². The highest BCUT2D eigenvalue weighted by molar-refractivity contribution is 14.0. The van der Waals surface area contributed by atoms with Crippen LogP contribution in [0.5, 0.6) is 0 Å². The predicted molar refractivity (Wildman–Crippen MR) is 128 cm³/mol. The molecule has 0 heterocycles. The Labute approximate surface area is 189 Å². The van der Waals surface area contributed by atoms with Crippen molar-refractivity contribution in [2.45, 2.75) is 26.8 Å². The van der Waals surface area contributed by atoms with Gasteiger partial charge in [0.05, 0.1) is 6.54 Å². The Bertz CT molecular complexity index is 748. The second-order valence-corrected chi connectivity index (χ2v) is 6.49. The summed E-state index contributed by atoms with van der Waals surface area (Å²) in [6, 6.07) is 15.4. The number of nitrogens with one attached hydrogen (secondary N) is 3. The third-order valence-electron chi connectivity index (χ3n) is 3.94. The lowest BCUT2D eigenvalue weighted by Gasteiger charge is -2.11. The molecule has 5 nitrogen and oxygen atoms in total. The second kappa shape index (κ2) is 13.4. The van der Waals surface area contributed by atoms with Crippen LogP contribution >= 0.6 is 35.6 Å². The fourth-order valence-electron chi connectivity index (χ4n) is 2.51. The number of rotatable bonds is 8. The van der Waals surface area contributed by atoms with E-state index in [2.05, 4.69) is 20.9 Å². The van der Waals surface area contributed by atoms with Gasteiger partial charge < -0.3 is 16.0 Å². The Kier molecular flexibility index (Phi) is 11.6. The van der Waals surface area contributed by atoms with Crippen molar-refractivity contribution in [3.05, 3.63) is 70.2 Å². The largest absolute Gasteiger partial charge is 0.357 e. The molecule has 0 spiro atoms. The number of benzene rings is 2. The maximum Gasteiger partial charge on any atom is 0.251 e. The van der Waals surface area contributed by atoms with E-state index in [1.165, 1.54) is 5.56 Å². The van der Waals surface area contributed by atoms with Crippen molar-refractivity contribution in [1.29, 1.82) is 0 Å². The van der Waals surface area contributed by atoms with Crippen molar-refractivity contribution in [2.24, 2.45) is 4.99 Å². The Morgan fingerprint density at radius 3 is 2.11 bits per heavy atom. The van der Waals surface area contributed by atoms with Crippen LogP contribution in [0.3, 0.4) is 0 Å². The lowest BCUT2D eigenvalue weighted by Crippen LogP contribution is -2.38. The molecule has 28 heavy (non-hydrogen) atoms. The van der Waals surface area contributed by atoms with Crippen LogP contribution in [0.1, 0.15) is 35.3 Å². The van der Waals surface area contributed by atoms with Crippen LogP contribution in [0.15, 0.2) is 53.5 Å². The molecular weight excluding hydrogens is 487 g/mol. The molecule has 0 aliphatic heterocycles. The highest BCUT2D eigenvalue weighted by atomic mass is 127. The lowest BCUT2D eigenvalue weighted by molar-refractivity contribution is 0.0956. The fourth-order valence-corrected chi connectivity index (χ4v) is 2.64. The number of halogens is 2. The number of guanidine groups is 1. The number of carbonyl (C=O) groups is 1. The smallest absolute Gasteiger partial charge is 0.251 e. The molecule has 1 amide bonds. The van der Waals surface area contributed by atoms with E-state index in [1.807, 2.05) is 62.4 Å². The molecule has 0 saturated heterocycles. The zero-order chi connectivity index (χ0) is 19.5. The van der Waals surface area contributed by atoms with Crippen LogP contribution in [0.25, 0.3) is 0 Å². The van der Waals surface area contributed by atoms with Crippen molar-refractivity contribution in [3.63, 3.8) is 0 Å². The van der Waals surface area contributed by atoms with Crippen LogP contribution in [0, 0.1) is 0 Å². The van der Waals surface area contributed by atoms with Gasteiger partial charge in [-0.2, -0.15) is 0 Å². The minimum absolute atomic E-state index is 0. The van der Waals surface area contributed by atoms with Gasteiger partial charge in [0, 0.05) is 30.2 Å². The van der Waals surface area contributed by atoms with Crippen molar-refractivity contribution in [1.82, 2.24) is 16.0 Å². The SMILES string of the molecule is CCNC(=O)c1ccc(CN=C(NCC)NCCc2ccc(Cl)cc2)cc1.I. The number of nitrogens with zero attached hydrogens (tertiary/aromatic N) is 1. The van der Waals surface area contributed by atoms with Gasteiger partial charge in [0.25, 0.3) is 5.91 Å². The summed E-state index contributed by atoms with van der Waals surface area (Å²) in [6.45, 7) is 6.69. The maximum atomic E-state index is 11.8. The minimum atomic E-state index is -0.0512. The summed E-state index contributed by atoms with van der Waals surface area (Å²) in [5, 5.41) is 10.1. The monoisotopic (exact) mass is 514 g/mol. The van der Waals surface area contributed by atoms with Gasteiger partial charge in [-0.15, -0.1) is 24.0 Å². The predicted octanol–water partition coefficient (Wildman–Crippen LogP) is 4.01. The van der Waals surface area contributed by atoms with Gasteiger partial charge in [-0.25, -0.2) is 4.99 Å². The summed E-state index contributed by atoms with van der Waals surface area (Å²) in [5.41, 5.74) is 2.94. The molecule has 2 aromatic carbocycles. The van der Waals surface area contributed by atoms with Crippen LogP contribution in [0.4, 0.5) is 0 Å². The maximum absolute atomic E-state index is 11.8. The van der Waals surface area contributed by atoms with E-state index in [-0.39, 0.29) is 29.9 Å². The zero-order valence-electron chi connectivity index (χ0n) is 16.3. The van der Waals surface area contributed by atoms with Crippen LogP contribution in [-0.2, 0) is 13.0 Å². The Morgan fingerprint density at radius 1 is 0.893 bits per heavy atom. The summed E-state index contributed by atoms with van der Waals surface area (Å²) in [6.07, 6.45) is 0.892. The second-order valence-electron chi connectivity index (χ2n) is 6.05. The van der Waals surface area contributed by atoms with Gasteiger partial charge in [-0.1, -0.05) is 35.9 Å². The summed E-state index contributed by atoms with van der Waals surface area (Å²) in [7, 11) is 0. The molecule has 0 saturated carbocycles. The summed E-state index contributed by atoms with van der Waals surface area (Å²) in [4.78, 5) is 16.4. The molecule has 0 atom stereocenters. The van der Waals surface area contributed by atoms with Gasteiger partial charge in [-0.3, -0.25) is 4.79 Å². The number of amides is 1. The summed E-state index contributed by atoms with van der Waals surface area (Å²) >= 11 is 5.91. The third-order valence-corrected chi connectivity index (χ3v) is 4.19. The van der Waals surface area contributed by atoms with Crippen molar-refractivity contribution in [2.75, 3.05) is 19.6 Å². The van der Waals surface area contributed by atoms with E-state index < -0.39 is 0 Å². The molecule has 0 unspecified atom stereocenters. The van der Waals surface area contributed by atoms with Gasteiger partial charge >= 0.3 is 0 Å². The first-order chi connectivity index (χ1) is 13.1. The summed E-state index contributed by atoms with van der Waals surface area (Å²) < 4.78 is 0. The first kappa shape index (κ1) is 24.2. The molecule has 7 heteroatoms. The zero-order valence-corrected chi connectivity index (χ0v) is 19.4. The third kappa shape index (κ3) is 8.48. The van der Waals surface area contributed by atoms with E-state index in [0.717, 1.165) is 36.1 Å². The topological polar surface area (TPSA) is 65.5 Å². The standard InChI is InChI=1S/C21H27ClN4O.HI/c1-3-23-20(27)18-9-5-17(6-10-18)15-26-21(24-4-2)25-14-13-16-7-11-19(22)12-8-16;/h5-12H,3-4,13-15H2,1-2H3,(H,23,27)(H2,24,25,26);1H. The van der Waals surface area contributed by atoms with Gasteiger partial charge in [0.15, 0.2) is 5.96 Å². The number of hydrogen-bond donors (Lipinski definition) is 3. The number of hydrogen-bond acceptors (Lipinski definition) is 2. The quantitative estimate of drug-likeness (QED) is 0.283. The molecule has 152 valence electrons. The van der Waals surface area contributed by atoms with E-state index in [9.17, 15) is 4.79 Å². The first-order valence-electron chi connectivity index (χ1n) is 9.26. The van der Waals surface area contributed by atoms with Gasteiger partial charge in [0.2, 0.25) is 0 Å². The molecule has 2 rings (SSSR count). The van der Waals surface area contributed by atoms with Gasteiger partial charge in [-0.05, 0) is 55.7 Å². The number of carbonyl (C=O) groups excluding carboxylic acids is 1. The van der Waals surface area contributed by atoms with E-state index in [0.29, 0.717) is 18.7 Å². The van der Waals surface area contributed by atoms with E-state index >= 15 is 0 Å². The molecular formula is C21H28ClIN4O. The highest BCUT2D eigenvalue weighted by Crippen LogP contribution is 2.09. The van der Waals surface area contributed by atoms with Crippen LogP contribution in [-0.4, -0.2) is 31.5 Å². The average Bonchev–Trinajstić information content (AvgIpc) is 2.68.